The molecule has 0 unspecified atom stereocenters. The van der Waals surface area contributed by atoms with Gasteiger partial charge in [-0.05, 0) is 54.6 Å². The zero-order valence-electron chi connectivity index (χ0n) is 16.3. The van der Waals surface area contributed by atoms with Crippen LogP contribution in [0.5, 0.6) is 0 Å². The molecule has 0 amide bonds. The average Bonchev–Trinajstić information content (AvgIpc) is 2.71. The Morgan fingerprint density at radius 3 is 2.83 bits per heavy atom. The van der Waals surface area contributed by atoms with Gasteiger partial charge >= 0.3 is 0 Å². The van der Waals surface area contributed by atoms with Crippen LogP contribution in [0.3, 0.4) is 0 Å². The van der Waals surface area contributed by atoms with Crippen LogP contribution in [-0.2, 0) is 23.2 Å². The first-order valence-electron chi connectivity index (χ1n) is 10.2. The number of benzene rings is 2. The van der Waals surface area contributed by atoms with Gasteiger partial charge in [-0.2, -0.15) is 0 Å². The highest BCUT2D eigenvalue weighted by molar-refractivity contribution is 6.42. The summed E-state index contributed by atoms with van der Waals surface area (Å²) < 4.78 is 0. The number of carbonyl (C=O) groups is 1. The monoisotopic (exact) mass is 432 g/mol. The van der Waals surface area contributed by atoms with Crippen LogP contribution in [-0.4, -0.2) is 48.1 Å². The molecule has 29 heavy (non-hydrogen) atoms. The molecule has 154 valence electrons. The van der Waals surface area contributed by atoms with Crippen molar-refractivity contribution < 1.29 is 9.90 Å². The van der Waals surface area contributed by atoms with Crippen molar-refractivity contribution in [2.24, 2.45) is 0 Å². The van der Waals surface area contributed by atoms with E-state index in [1.165, 1.54) is 5.56 Å². The molecule has 1 fully saturated rings. The molecular weight excluding hydrogens is 407 g/mol. The summed E-state index contributed by atoms with van der Waals surface area (Å²) in [7, 11) is 0. The summed E-state index contributed by atoms with van der Waals surface area (Å²) in [5.74, 6) is 0.114. The molecule has 2 aliphatic rings. The van der Waals surface area contributed by atoms with Crippen molar-refractivity contribution in [1.82, 2.24) is 10.2 Å². The number of Topliss-reactive ketones (excluding diaryl/α,β-unsaturated/α-hetero) is 1. The number of fused-ring (bicyclic) bond motifs is 1. The smallest absolute Gasteiger partial charge is 0.163 e. The molecule has 0 saturated carbocycles. The lowest BCUT2D eigenvalue weighted by Gasteiger charge is -2.43. The van der Waals surface area contributed by atoms with Gasteiger partial charge in [-0.15, -0.1) is 0 Å². The van der Waals surface area contributed by atoms with Crippen LogP contribution in [0, 0.1) is 0 Å². The van der Waals surface area contributed by atoms with Crippen LogP contribution in [0.2, 0.25) is 10.0 Å². The molecule has 0 aliphatic carbocycles. The van der Waals surface area contributed by atoms with Crippen LogP contribution in [0.25, 0.3) is 0 Å². The molecule has 2 aromatic rings. The van der Waals surface area contributed by atoms with Crippen LogP contribution in [0.4, 0.5) is 0 Å². The number of halogens is 2. The van der Waals surface area contributed by atoms with Crippen LogP contribution >= 0.6 is 23.2 Å². The number of rotatable bonds is 5. The molecular formula is C23H26Cl2N2O2. The van der Waals surface area contributed by atoms with Gasteiger partial charge in [-0.3, -0.25) is 15.0 Å². The van der Waals surface area contributed by atoms with Gasteiger partial charge in [0.1, 0.15) is 5.54 Å². The second kappa shape index (κ2) is 8.75. The summed E-state index contributed by atoms with van der Waals surface area (Å²) in [6.45, 7) is 2.80. The second-order valence-corrected chi connectivity index (χ2v) is 8.93. The second-order valence-electron chi connectivity index (χ2n) is 8.12. The van der Waals surface area contributed by atoms with Crippen LogP contribution in [0.15, 0.2) is 42.5 Å². The van der Waals surface area contributed by atoms with Crippen molar-refractivity contribution >= 4 is 29.0 Å². The third-order valence-corrected chi connectivity index (χ3v) is 6.80. The van der Waals surface area contributed by atoms with E-state index in [1.807, 2.05) is 18.2 Å². The van der Waals surface area contributed by atoms with E-state index >= 15 is 0 Å². The first-order valence-corrected chi connectivity index (χ1v) is 10.9. The van der Waals surface area contributed by atoms with E-state index < -0.39 is 5.54 Å². The minimum absolute atomic E-state index is 0.114. The Hall–Kier alpha value is -1.43. The van der Waals surface area contributed by atoms with E-state index in [4.69, 9.17) is 23.2 Å². The number of likely N-dealkylation sites (tertiary alicyclic amines) is 1. The lowest BCUT2D eigenvalue weighted by molar-refractivity contribution is -0.127. The number of aliphatic hydroxyl groups is 1. The Kier molecular flexibility index (Phi) is 6.28. The molecule has 2 aromatic carbocycles. The fourth-order valence-electron chi connectivity index (χ4n) is 4.63. The topological polar surface area (TPSA) is 52.6 Å². The van der Waals surface area contributed by atoms with Crippen molar-refractivity contribution in [3.63, 3.8) is 0 Å². The van der Waals surface area contributed by atoms with Gasteiger partial charge in [0.25, 0.3) is 0 Å². The van der Waals surface area contributed by atoms with Gasteiger partial charge in [0, 0.05) is 26.1 Å². The number of aliphatic hydroxyl groups excluding tert-OH is 1. The molecule has 0 bridgehead atoms. The van der Waals surface area contributed by atoms with E-state index in [1.54, 1.807) is 12.1 Å². The van der Waals surface area contributed by atoms with E-state index in [9.17, 15) is 9.90 Å². The van der Waals surface area contributed by atoms with E-state index in [2.05, 4.69) is 22.3 Å². The Balaban J connectivity index is 1.68. The maximum Gasteiger partial charge on any atom is 0.163 e. The largest absolute Gasteiger partial charge is 0.392 e. The maximum atomic E-state index is 13.8. The van der Waals surface area contributed by atoms with Crippen molar-refractivity contribution in [2.45, 2.75) is 37.3 Å². The Morgan fingerprint density at radius 1 is 1.21 bits per heavy atom. The van der Waals surface area contributed by atoms with E-state index in [0.717, 1.165) is 43.5 Å². The Labute approximate surface area is 181 Å². The minimum atomic E-state index is -0.794. The summed E-state index contributed by atoms with van der Waals surface area (Å²) in [5.41, 5.74) is 2.33. The van der Waals surface area contributed by atoms with Crippen molar-refractivity contribution in [3.8, 4) is 0 Å². The zero-order valence-corrected chi connectivity index (χ0v) is 17.8. The standard InChI is InChI=1S/C23H26Cl2N2O2/c24-20-8-7-16(12-21(20)25)13-22(29)23(15-27-11-3-5-18(28)14-27)19-6-2-1-4-17(19)9-10-26-23/h1-2,4,6-8,12,18,26,28H,3,5,9-11,13-15H2/t18-,23-/m0/s1. The quantitative estimate of drug-likeness (QED) is 0.757. The molecule has 2 aliphatic heterocycles. The first kappa shape index (κ1) is 20.8. The highest BCUT2D eigenvalue weighted by Crippen LogP contribution is 2.33. The first-order chi connectivity index (χ1) is 14.0. The molecule has 2 atom stereocenters. The van der Waals surface area contributed by atoms with Crippen LogP contribution < -0.4 is 5.32 Å². The van der Waals surface area contributed by atoms with E-state index in [0.29, 0.717) is 23.1 Å². The SMILES string of the molecule is O=C(Cc1ccc(Cl)c(Cl)c1)[C@@]1(CN2CCC[C@H](O)C2)NCCc2ccccc21. The number of nitrogens with one attached hydrogen (secondary N) is 1. The number of piperidine rings is 1. The number of hydrogen-bond donors (Lipinski definition) is 2. The molecule has 0 spiro atoms. The van der Waals surface area contributed by atoms with Gasteiger partial charge in [-0.25, -0.2) is 0 Å². The molecule has 4 rings (SSSR count). The minimum Gasteiger partial charge on any atom is -0.392 e. The number of carbonyl (C=O) groups excluding carboxylic acids is 1. The van der Waals surface area contributed by atoms with Gasteiger partial charge in [0.15, 0.2) is 5.78 Å². The van der Waals surface area contributed by atoms with Crippen molar-refractivity contribution in [3.05, 3.63) is 69.2 Å². The molecule has 4 nitrogen and oxygen atoms in total. The van der Waals surface area contributed by atoms with Gasteiger partial charge in [0.2, 0.25) is 0 Å². The molecule has 2 heterocycles. The van der Waals surface area contributed by atoms with Crippen LogP contribution in [0.1, 0.15) is 29.5 Å². The normalized spacial score (nSPS) is 24.9. The summed E-state index contributed by atoms with van der Waals surface area (Å²) >= 11 is 12.2. The molecule has 6 heteroatoms. The summed E-state index contributed by atoms with van der Waals surface area (Å²) in [6.07, 6.45) is 2.62. The molecule has 1 saturated heterocycles. The summed E-state index contributed by atoms with van der Waals surface area (Å²) in [6, 6.07) is 13.6. The van der Waals surface area contributed by atoms with Crippen molar-refractivity contribution in [1.29, 1.82) is 0 Å². The number of nitrogens with zero attached hydrogens (tertiary/aromatic N) is 1. The van der Waals surface area contributed by atoms with Gasteiger partial charge in [-0.1, -0.05) is 53.5 Å². The predicted octanol–water partition coefficient (Wildman–Crippen LogP) is 3.60. The van der Waals surface area contributed by atoms with Gasteiger partial charge < -0.3 is 5.11 Å². The molecule has 2 N–H and O–H groups in total. The number of ketones is 1. The summed E-state index contributed by atoms with van der Waals surface area (Å²) in [5, 5.41) is 14.7. The predicted molar refractivity (Wildman–Crippen MR) is 117 cm³/mol. The maximum absolute atomic E-state index is 13.8. The number of hydrogen-bond acceptors (Lipinski definition) is 4. The third kappa shape index (κ3) is 4.37. The summed E-state index contributed by atoms with van der Waals surface area (Å²) in [4.78, 5) is 16.0. The molecule has 0 aromatic heterocycles. The molecule has 0 radical (unpaired) electrons. The Bertz CT molecular complexity index is 904. The van der Waals surface area contributed by atoms with Gasteiger partial charge in [0.05, 0.1) is 16.1 Å². The average molecular weight is 433 g/mol. The fourth-order valence-corrected chi connectivity index (χ4v) is 4.96. The third-order valence-electron chi connectivity index (χ3n) is 6.06. The fraction of sp³-hybridized carbons (Fsp3) is 0.435. The zero-order chi connectivity index (χ0) is 20.4. The lowest BCUT2D eigenvalue weighted by atomic mass is 9.77. The highest BCUT2D eigenvalue weighted by Gasteiger charge is 2.44. The Morgan fingerprint density at radius 2 is 2.03 bits per heavy atom. The lowest BCUT2D eigenvalue weighted by Crippen LogP contribution is -2.60. The highest BCUT2D eigenvalue weighted by atomic mass is 35.5. The number of β-amino-alcohol motifs (C(OH)–C–C–N with tert-alkyl or cyclic N) is 1. The van der Waals surface area contributed by atoms with Crippen molar-refractivity contribution in [2.75, 3.05) is 26.2 Å². The van der Waals surface area contributed by atoms with E-state index in [-0.39, 0.29) is 18.3 Å².